The molecule has 108 valence electrons. The summed E-state index contributed by atoms with van der Waals surface area (Å²) >= 11 is 0. The molecule has 0 saturated carbocycles. The number of amides is 1. The van der Waals surface area contributed by atoms with Gasteiger partial charge in [0.05, 0.1) is 4.92 Å². The molecule has 0 aromatic carbocycles. The Morgan fingerprint density at radius 1 is 1.43 bits per heavy atom. The number of hydrogen-bond donors (Lipinski definition) is 2. The van der Waals surface area contributed by atoms with E-state index in [0.29, 0.717) is 11.3 Å². The van der Waals surface area contributed by atoms with Crippen LogP contribution in [0.25, 0.3) is 0 Å². The van der Waals surface area contributed by atoms with Crippen LogP contribution in [0.3, 0.4) is 0 Å². The van der Waals surface area contributed by atoms with Crippen molar-refractivity contribution in [3.63, 3.8) is 0 Å². The Balaban J connectivity index is 2.22. The predicted octanol–water partition coefficient (Wildman–Crippen LogP) is 2.58. The highest BCUT2D eigenvalue weighted by Gasteiger charge is 2.11. The molecule has 21 heavy (non-hydrogen) atoms. The van der Waals surface area contributed by atoms with E-state index in [1.807, 2.05) is 0 Å². The number of nitrogens with zero attached hydrogens (tertiary/aromatic N) is 3. The van der Waals surface area contributed by atoms with Gasteiger partial charge in [-0.2, -0.15) is 0 Å². The molecule has 0 fully saturated rings. The fourth-order valence-electron chi connectivity index (χ4n) is 1.52. The zero-order valence-electron chi connectivity index (χ0n) is 10.8. The van der Waals surface area contributed by atoms with E-state index in [-0.39, 0.29) is 17.4 Å². The first-order valence-electron chi connectivity index (χ1n) is 5.70. The molecule has 0 spiro atoms. The van der Waals surface area contributed by atoms with Crippen LogP contribution in [-0.2, 0) is 0 Å². The zero-order valence-corrected chi connectivity index (χ0v) is 10.8. The normalized spacial score (nSPS) is 9.95. The minimum absolute atomic E-state index is 0.0968. The van der Waals surface area contributed by atoms with E-state index < -0.39 is 11.0 Å². The SMILES string of the molecule is Cc1cc([N+](=O)[O-])cnc1Oc1ccnc(NC(=O)O)c1. The molecule has 0 saturated heterocycles. The molecule has 2 N–H and O–H groups in total. The summed E-state index contributed by atoms with van der Waals surface area (Å²) in [7, 11) is 0. The number of pyridine rings is 2. The lowest BCUT2D eigenvalue weighted by Gasteiger charge is -2.08. The molecule has 2 rings (SSSR count). The van der Waals surface area contributed by atoms with Crippen LogP contribution in [0.4, 0.5) is 16.3 Å². The number of rotatable bonds is 4. The van der Waals surface area contributed by atoms with Crippen molar-refractivity contribution in [2.45, 2.75) is 6.92 Å². The van der Waals surface area contributed by atoms with E-state index in [1.54, 1.807) is 6.92 Å². The highest BCUT2D eigenvalue weighted by Crippen LogP contribution is 2.26. The molecule has 1 amide bonds. The number of aryl methyl sites for hydroxylation is 1. The van der Waals surface area contributed by atoms with Gasteiger partial charge in [0.15, 0.2) is 0 Å². The molecule has 2 heterocycles. The summed E-state index contributed by atoms with van der Waals surface area (Å²) in [5.74, 6) is 0.589. The lowest BCUT2D eigenvalue weighted by Crippen LogP contribution is -2.08. The second kappa shape index (κ2) is 5.82. The van der Waals surface area contributed by atoms with Crippen LogP contribution in [0.15, 0.2) is 30.6 Å². The van der Waals surface area contributed by atoms with E-state index in [4.69, 9.17) is 9.84 Å². The summed E-state index contributed by atoms with van der Waals surface area (Å²) in [6, 6.07) is 4.21. The smallest absolute Gasteiger partial charge is 0.410 e. The number of carbonyl (C=O) groups is 1. The number of nitrogens with one attached hydrogen (secondary N) is 1. The average Bonchev–Trinajstić information content (AvgIpc) is 2.40. The Labute approximate surface area is 118 Å². The highest BCUT2D eigenvalue weighted by atomic mass is 16.6. The van der Waals surface area contributed by atoms with Crippen LogP contribution in [0.5, 0.6) is 11.6 Å². The van der Waals surface area contributed by atoms with Crippen molar-refractivity contribution < 1.29 is 19.6 Å². The summed E-state index contributed by atoms with van der Waals surface area (Å²) < 4.78 is 5.46. The zero-order chi connectivity index (χ0) is 15.4. The lowest BCUT2D eigenvalue weighted by atomic mass is 10.3. The van der Waals surface area contributed by atoms with Gasteiger partial charge in [-0.1, -0.05) is 0 Å². The summed E-state index contributed by atoms with van der Waals surface area (Å²) in [6.07, 6.45) is 1.20. The van der Waals surface area contributed by atoms with E-state index in [2.05, 4.69) is 15.3 Å². The van der Waals surface area contributed by atoms with Crippen molar-refractivity contribution in [3.8, 4) is 11.6 Å². The number of nitro groups is 1. The van der Waals surface area contributed by atoms with Crippen molar-refractivity contribution in [1.29, 1.82) is 0 Å². The van der Waals surface area contributed by atoms with Crippen LogP contribution < -0.4 is 10.1 Å². The second-order valence-electron chi connectivity index (χ2n) is 3.98. The second-order valence-corrected chi connectivity index (χ2v) is 3.98. The molecule has 2 aromatic heterocycles. The first-order chi connectivity index (χ1) is 9.95. The van der Waals surface area contributed by atoms with E-state index >= 15 is 0 Å². The van der Waals surface area contributed by atoms with Crippen LogP contribution in [0.2, 0.25) is 0 Å². The molecule has 0 radical (unpaired) electrons. The summed E-state index contributed by atoms with van der Waals surface area (Å²) in [5, 5.41) is 21.3. The summed E-state index contributed by atoms with van der Waals surface area (Å²) in [4.78, 5) is 28.3. The van der Waals surface area contributed by atoms with Gasteiger partial charge in [-0.05, 0) is 13.0 Å². The minimum atomic E-state index is -1.25. The fourth-order valence-corrected chi connectivity index (χ4v) is 1.52. The Kier molecular flexibility index (Phi) is 3.93. The Bertz CT molecular complexity index is 704. The minimum Gasteiger partial charge on any atom is -0.465 e. The summed E-state index contributed by atoms with van der Waals surface area (Å²) in [6.45, 7) is 1.62. The van der Waals surface area contributed by atoms with Gasteiger partial charge in [0, 0.05) is 23.9 Å². The van der Waals surface area contributed by atoms with E-state index in [1.165, 1.54) is 24.4 Å². The maximum absolute atomic E-state index is 10.6. The Morgan fingerprint density at radius 3 is 2.81 bits per heavy atom. The molecule has 0 atom stereocenters. The van der Waals surface area contributed by atoms with Crippen molar-refractivity contribution >= 4 is 17.6 Å². The molecule has 0 aliphatic heterocycles. The van der Waals surface area contributed by atoms with Gasteiger partial charge in [0.1, 0.15) is 17.8 Å². The lowest BCUT2D eigenvalue weighted by molar-refractivity contribution is -0.385. The predicted molar refractivity (Wildman–Crippen MR) is 71.6 cm³/mol. The van der Waals surface area contributed by atoms with Gasteiger partial charge in [-0.3, -0.25) is 15.4 Å². The van der Waals surface area contributed by atoms with Gasteiger partial charge in [-0.15, -0.1) is 0 Å². The quantitative estimate of drug-likeness (QED) is 0.654. The largest absolute Gasteiger partial charge is 0.465 e. The molecule has 2 aromatic rings. The topological polar surface area (TPSA) is 127 Å². The maximum atomic E-state index is 10.6. The third-order valence-corrected chi connectivity index (χ3v) is 2.41. The molecule has 9 heteroatoms. The van der Waals surface area contributed by atoms with Crippen LogP contribution in [0, 0.1) is 17.0 Å². The first-order valence-corrected chi connectivity index (χ1v) is 5.70. The van der Waals surface area contributed by atoms with Gasteiger partial charge >= 0.3 is 6.09 Å². The first kappa shape index (κ1) is 14.2. The molecule has 0 bridgehead atoms. The number of aromatic nitrogens is 2. The fraction of sp³-hybridized carbons (Fsp3) is 0.0833. The third-order valence-electron chi connectivity index (χ3n) is 2.41. The van der Waals surface area contributed by atoms with E-state index in [0.717, 1.165) is 6.20 Å². The molecule has 9 nitrogen and oxygen atoms in total. The van der Waals surface area contributed by atoms with E-state index in [9.17, 15) is 14.9 Å². The van der Waals surface area contributed by atoms with Gasteiger partial charge in [0.25, 0.3) is 5.69 Å². The van der Waals surface area contributed by atoms with Crippen LogP contribution >= 0.6 is 0 Å². The molecule has 0 unspecified atom stereocenters. The monoisotopic (exact) mass is 290 g/mol. The number of ether oxygens (including phenoxy) is 1. The summed E-state index contributed by atoms with van der Waals surface area (Å²) in [5.41, 5.74) is 0.344. The molecule has 0 aliphatic carbocycles. The van der Waals surface area contributed by atoms with Crippen molar-refractivity contribution in [1.82, 2.24) is 9.97 Å². The highest BCUT2D eigenvalue weighted by molar-refractivity contribution is 5.81. The number of carboxylic acid groups (broad SMARTS) is 1. The van der Waals surface area contributed by atoms with Gasteiger partial charge in [0.2, 0.25) is 5.88 Å². The Hall–Kier alpha value is -3.23. The number of hydrogen-bond acceptors (Lipinski definition) is 6. The average molecular weight is 290 g/mol. The molecular weight excluding hydrogens is 280 g/mol. The third kappa shape index (κ3) is 3.62. The van der Waals surface area contributed by atoms with Gasteiger partial charge in [-0.25, -0.2) is 14.8 Å². The van der Waals surface area contributed by atoms with Gasteiger partial charge < -0.3 is 9.84 Å². The van der Waals surface area contributed by atoms with Crippen LogP contribution in [-0.4, -0.2) is 26.1 Å². The number of anilines is 1. The van der Waals surface area contributed by atoms with Crippen molar-refractivity contribution in [2.75, 3.05) is 5.32 Å². The Morgan fingerprint density at radius 2 is 2.19 bits per heavy atom. The van der Waals surface area contributed by atoms with Crippen molar-refractivity contribution in [2.24, 2.45) is 0 Å². The maximum Gasteiger partial charge on any atom is 0.410 e. The standard InChI is InChI=1S/C12H10N4O5/c1-7-4-8(16(19)20)6-14-11(7)21-9-2-3-13-10(5-9)15-12(17)18/h2-6H,1H3,(H,13,15)(H,17,18). The molecule has 0 aliphatic rings. The van der Waals surface area contributed by atoms with Crippen molar-refractivity contribution in [3.05, 3.63) is 46.3 Å². The van der Waals surface area contributed by atoms with Crippen LogP contribution in [0.1, 0.15) is 5.56 Å². The molecular formula is C12H10N4O5.